The molecular weight excluding hydrogens is 276 g/mol. The first-order valence-electron chi connectivity index (χ1n) is 6.14. The van der Waals surface area contributed by atoms with Crippen LogP contribution in [0.5, 0.6) is 0 Å². The molecule has 0 saturated heterocycles. The number of nitrogens with zero attached hydrogens (tertiary/aromatic N) is 4. The second-order valence-electron chi connectivity index (χ2n) is 4.64. The van der Waals surface area contributed by atoms with Crippen molar-refractivity contribution in [1.82, 2.24) is 14.8 Å². The van der Waals surface area contributed by atoms with Crippen LogP contribution in [0.3, 0.4) is 0 Å². The van der Waals surface area contributed by atoms with Gasteiger partial charge >= 0.3 is 0 Å². The fourth-order valence-corrected chi connectivity index (χ4v) is 1.68. The Morgan fingerprint density at radius 3 is 2.76 bits per heavy atom. The molecule has 0 unspecified atom stereocenters. The number of amides is 1. The van der Waals surface area contributed by atoms with Crippen molar-refractivity contribution in [2.45, 2.75) is 19.9 Å². The lowest BCUT2D eigenvalue weighted by atomic mass is 10.2. The molecule has 0 saturated carbocycles. The van der Waals surface area contributed by atoms with E-state index in [-0.39, 0.29) is 17.4 Å². The Bertz CT molecular complexity index is 694. The molecule has 3 N–H and O–H groups in total. The molecule has 0 spiro atoms. The molecule has 0 fully saturated rings. The first kappa shape index (κ1) is 14.4. The lowest BCUT2D eigenvalue weighted by Crippen LogP contribution is -2.14. The van der Waals surface area contributed by atoms with E-state index >= 15 is 0 Å². The minimum absolute atomic E-state index is 0.0311. The van der Waals surface area contributed by atoms with Crippen LogP contribution >= 0.6 is 0 Å². The molecule has 0 radical (unpaired) electrons. The molecule has 1 amide bonds. The molecule has 2 aromatic heterocycles. The maximum atomic E-state index is 12.1. The Kier molecular flexibility index (Phi) is 3.83. The monoisotopic (exact) mass is 290 g/mol. The van der Waals surface area contributed by atoms with E-state index < -0.39 is 16.5 Å². The zero-order chi connectivity index (χ0) is 15.6. The van der Waals surface area contributed by atoms with Gasteiger partial charge in [0.25, 0.3) is 11.6 Å². The highest BCUT2D eigenvalue weighted by molar-refractivity contribution is 6.07. The number of anilines is 2. The molecule has 0 atom stereocenters. The van der Waals surface area contributed by atoms with Crippen LogP contribution in [0.25, 0.3) is 0 Å². The zero-order valence-electron chi connectivity index (χ0n) is 11.5. The van der Waals surface area contributed by atoms with Gasteiger partial charge in [-0.3, -0.25) is 19.6 Å². The van der Waals surface area contributed by atoms with E-state index in [2.05, 4.69) is 15.4 Å². The van der Waals surface area contributed by atoms with Crippen LogP contribution in [0.15, 0.2) is 24.7 Å². The predicted octanol–water partition coefficient (Wildman–Crippen LogP) is 1.60. The van der Waals surface area contributed by atoms with Gasteiger partial charge in [0.05, 0.1) is 16.8 Å². The molecule has 0 bridgehead atoms. The summed E-state index contributed by atoms with van der Waals surface area (Å²) in [6.45, 7) is 3.88. The van der Waals surface area contributed by atoms with Crippen molar-refractivity contribution in [2.75, 3.05) is 11.1 Å². The summed E-state index contributed by atoms with van der Waals surface area (Å²) in [4.78, 5) is 26.0. The summed E-state index contributed by atoms with van der Waals surface area (Å²) in [5.41, 5.74) is 5.36. The molecule has 9 nitrogen and oxygen atoms in total. The summed E-state index contributed by atoms with van der Waals surface area (Å²) in [6.07, 6.45) is 4.06. The maximum absolute atomic E-state index is 12.1. The first-order chi connectivity index (χ1) is 9.88. The smallest absolute Gasteiger partial charge is 0.300 e. The number of carbonyl (C=O) groups excluding carboxylic acids is 1. The third-order valence-electron chi connectivity index (χ3n) is 2.73. The zero-order valence-corrected chi connectivity index (χ0v) is 11.5. The van der Waals surface area contributed by atoms with Gasteiger partial charge in [0, 0.05) is 12.2 Å². The van der Waals surface area contributed by atoms with E-state index in [1.54, 1.807) is 10.9 Å². The number of hydrogen-bond acceptors (Lipinski definition) is 6. The van der Waals surface area contributed by atoms with Gasteiger partial charge < -0.3 is 11.1 Å². The van der Waals surface area contributed by atoms with Crippen LogP contribution in [0.1, 0.15) is 30.2 Å². The molecule has 2 aromatic rings. The summed E-state index contributed by atoms with van der Waals surface area (Å²) < 4.78 is 1.66. The highest BCUT2D eigenvalue weighted by atomic mass is 16.6. The maximum Gasteiger partial charge on any atom is 0.300 e. The lowest BCUT2D eigenvalue weighted by Gasteiger charge is -2.05. The normalized spacial score (nSPS) is 10.6. The van der Waals surface area contributed by atoms with Crippen molar-refractivity contribution >= 4 is 23.1 Å². The number of carbonyl (C=O) groups is 1. The SMILES string of the molecule is CC(C)n1cc(NC(=O)c2cc(N)ncc2[N+](=O)[O-])cn1. The number of rotatable bonds is 4. The molecular formula is C12H14N6O3. The molecule has 0 aromatic carbocycles. The van der Waals surface area contributed by atoms with Gasteiger partial charge in [0.15, 0.2) is 0 Å². The van der Waals surface area contributed by atoms with Crippen LogP contribution in [-0.4, -0.2) is 25.6 Å². The van der Waals surface area contributed by atoms with E-state index in [1.165, 1.54) is 12.3 Å². The molecule has 2 rings (SSSR count). The molecule has 2 heterocycles. The summed E-state index contributed by atoms with van der Waals surface area (Å²) in [7, 11) is 0. The molecule has 0 aliphatic carbocycles. The summed E-state index contributed by atoms with van der Waals surface area (Å²) in [6, 6.07) is 1.31. The molecule has 21 heavy (non-hydrogen) atoms. The van der Waals surface area contributed by atoms with Crippen molar-refractivity contribution in [3.8, 4) is 0 Å². The predicted molar refractivity (Wildman–Crippen MR) is 75.9 cm³/mol. The summed E-state index contributed by atoms with van der Waals surface area (Å²) in [5.74, 6) is -0.609. The Morgan fingerprint density at radius 2 is 2.19 bits per heavy atom. The van der Waals surface area contributed by atoms with E-state index in [0.29, 0.717) is 5.69 Å². The number of aromatic nitrogens is 3. The second kappa shape index (κ2) is 5.57. The first-order valence-corrected chi connectivity index (χ1v) is 6.14. The number of pyridine rings is 1. The van der Waals surface area contributed by atoms with Gasteiger partial charge in [0.2, 0.25) is 0 Å². The van der Waals surface area contributed by atoms with Gasteiger partial charge in [-0.05, 0) is 19.9 Å². The highest BCUT2D eigenvalue weighted by Gasteiger charge is 2.21. The van der Waals surface area contributed by atoms with E-state index in [9.17, 15) is 14.9 Å². The van der Waals surface area contributed by atoms with Crippen molar-refractivity contribution in [1.29, 1.82) is 0 Å². The number of nitrogens with two attached hydrogens (primary N) is 1. The lowest BCUT2D eigenvalue weighted by molar-refractivity contribution is -0.385. The minimum Gasteiger partial charge on any atom is -0.384 e. The van der Waals surface area contributed by atoms with Gasteiger partial charge in [-0.15, -0.1) is 0 Å². The van der Waals surface area contributed by atoms with Crippen LogP contribution in [0, 0.1) is 10.1 Å². The van der Waals surface area contributed by atoms with E-state index in [0.717, 1.165) is 6.20 Å². The second-order valence-corrected chi connectivity index (χ2v) is 4.64. The Morgan fingerprint density at radius 1 is 1.48 bits per heavy atom. The third-order valence-corrected chi connectivity index (χ3v) is 2.73. The third kappa shape index (κ3) is 3.14. The number of nitrogens with one attached hydrogen (secondary N) is 1. The Balaban J connectivity index is 2.27. The van der Waals surface area contributed by atoms with E-state index in [4.69, 9.17) is 5.73 Å². The van der Waals surface area contributed by atoms with Gasteiger partial charge in [-0.25, -0.2) is 4.98 Å². The van der Waals surface area contributed by atoms with Crippen LogP contribution < -0.4 is 11.1 Å². The number of hydrogen-bond donors (Lipinski definition) is 2. The Hall–Kier alpha value is -2.97. The van der Waals surface area contributed by atoms with Crippen LogP contribution in [0.2, 0.25) is 0 Å². The average molecular weight is 290 g/mol. The van der Waals surface area contributed by atoms with Gasteiger partial charge in [-0.1, -0.05) is 0 Å². The van der Waals surface area contributed by atoms with Crippen LogP contribution in [-0.2, 0) is 0 Å². The van der Waals surface area contributed by atoms with Crippen molar-refractivity contribution in [3.63, 3.8) is 0 Å². The average Bonchev–Trinajstić information content (AvgIpc) is 2.86. The minimum atomic E-state index is -0.682. The standard InChI is InChI=1S/C12H14N6O3/c1-7(2)17-6-8(4-15-17)16-12(19)9-3-11(13)14-5-10(9)18(20)21/h3-7H,1-2H3,(H2,13,14)(H,16,19). The van der Waals surface area contributed by atoms with Crippen LogP contribution in [0.4, 0.5) is 17.2 Å². The summed E-state index contributed by atoms with van der Waals surface area (Å²) in [5, 5.41) is 17.5. The molecule has 0 aliphatic heterocycles. The quantitative estimate of drug-likeness (QED) is 0.650. The molecule has 9 heteroatoms. The van der Waals surface area contributed by atoms with E-state index in [1.807, 2.05) is 13.8 Å². The number of nitrogen functional groups attached to an aromatic ring is 1. The largest absolute Gasteiger partial charge is 0.384 e. The van der Waals surface area contributed by atoms with Crippen molar-refractivity contribution in [2.24, 2.45) is 0 Å². The topological polar surface area (TPSA) is 129 Å². The molecule has 110 valence electrons. The number of nitro groups is 1. The van der Waals surface area contributed by atoms with Crippen molar-refractivity contribution in [3.05, 3.63) is 40.3 Å². The molecule has 0 aliphatic rings. The summed E-state index contributed by atoms with van der Waals surface area (Å²) >= 11 is 0. The fourth-order valence-electron chi connectivity index (χ4n) is 1.68. The van der Waals surface area contributed by atoms with Gasteiger partial charge in [-0.2, -0.15) is 5.10 Å². The Labute approximate surface area is 119 Å². The van der Waals surface area contributed by atoms with Crippen molar-refractivity contribution < 1.29 is 9.72 Å². The highest BCUT2D eigenvalue weighted by Crippen LogP contribution is 2.20. The fraction of sp³-hybridized carbons (Fsp3) is 0.250. The van der Waals surface area contributed by atoms with Gasteiger partial charge in [0.1, 0.15) is 17.6 Å².